The highest BCUT2D eigenvalue weighted by Gasteiger charge is 2.46. The standard InChI is InChI=1S/C30H34N2O5/c1-21(22-9-11-23(12-10-22)24-13-15-32(27(33)17-24)26-18-36-19-26)31-16-14-30(37-28(31)34,20-29(2,3)35)25-7-5-4-6-8-25/h4-13,15,17,21,26,35H,14,16,18-20H2,1-3H3/t21-,30?/m0/s1. The summed E-state index contributed by atoms with van der Waals surface area (Å²) in [6.45, 7) is 7.14. The lowest BCUT2D eigenvalue weighted by molar-refractivity contribution is -0.101. The van der Waals surface area contributed by atoms with Gasteiger partial charge >= 0.3 is 6.09 Å². The minimum absolute atomic E-state index is 0.0349. The lowest BCUT2D eigenvalue weighted by Gasteiger charge is -2.45. The molecule has 1 amide bonds. The van der Waals surface area contributed by atoms with Gasteiger partial charge in [0.15, 0.2) is 0 Å². The van der Waals surface area contributed by atoms with Gasteiger partial charge in [-0.05, 0) is 49.1 Å². The van der Waals surface area contributed by atoms with Gasteiger partial charge in [0.2, 0.25) is 0 Å². The predicted octanol–water partition coefficient (Wildman–Crippen LogP) is 5.05. The zero-order chi connectivity index (χ0) is 26.2. The van der Waals surface area contributed by atoms with E-state index in [2.05, 4.69) is 0 Å². The van der Waals surface area contributed by atoms with Crippen molar-refractivity contribution in [3.05, 3.63) is 94.4 Å². The third-order valence-electron chi connectivity index (χ3n) is 7.45. The van der Waals surface area contributed by atoms with Crippen LogP contribution < -0.4 is 5.56 Å². The quantitative estimate of drug-likeness (QED) is 0.489. The molecular formula is C30H34N2O5. The van der Waals surface area contributed by atoms with E-state index in [-0.39, 0.29) is 23.7 Å². The van der Waals surface area contributed by atoms with E-state index in [9.17, 15) is 14.7 Å². The van der Waals surface area contributed by atoms with Crippen LogP contribution in [0.5, 0.6) is 0 Å². The molecule has 1 aromatic heterocycles. The van der Waals surface area contributed by atoms with E-state index in [4.69, 9.17) is 9.47 Å². The summed E-state index contributed by atoms with van der Waals surface area (Å²) in [4.78, 5) is 27.6. The number of cyclic esters (lactones) is 1. The minimum Gasteiger partial charge on any atom is -0.438 e. The number of pyridine rings is 1. The van der Waals surface area contributed by atoms with Crippen molar-refractivity contribution < 1.29 is 19.4 Å². The Morgan fingerprint density at radius 3 is 2.30 bits per heavy atom. The van der Waals surface area contributed by atoms with Crippen molar-refractivity contribution in [1.29, 1.82) is 0 Å². The van der Waals surface area contributed by atoms with Gasteiger partial charge in [-0.1, -0.05) is 54.6 Å². The fourth-order valence-corrected chi connectivity index (χ4v) is 5.38. The lowest BCUT2D eigenvalue weighted by atomic mass is 9.80. The average molecular weight is 503 g/mol. The smallest absolute Gasteiger partial charge is 0.411 e. The van der Waals surface area contributed by atoms with Gasteiger partial charge in [0, 0.05) is 31.6 Å². The van der Waals surface area contributed by atoms with Crippen LogP contribution in [0.3, 0.4) is 0 Å². The first-order valence-electron chi connectivity index (χ1n) is 12.8. The molecule has 2 fully saturated rings. The molecule has 2 atom stereocenters. The number of aromatic nitrogens is 1. The molecule has 194 valence electrons. The Balaban J connectivity index is 1.32. The van der Waals surface area contributed by atoms with Crippen LogP contribution in [0.25, 0.3) is 11.1 Å². The molecule has 3 heterocycles. The summed E-state index contributed by atoms with van der Waals surface area (Å²) < 4.78 is 13.0. The molecule has 0 saturated carbocycles. The fourth-order valence-electron chi connectivity index (χ4n) is 5.38. The van der Waals surface area contributed by atoms with Gasteiger partial charge in [-0.2, -0.15) is 0 Å². The molecule has 7 nitrogen and oxygen atoms in total. The number of ether oxygens (including phenoxy) is 2. The highest BCUT2D eigenvalue weighted by molar-refractivity contribution is 5.70. The number of benzene rings is 2. The SMILES string of the molecule is C[C@@H](c1ccc(-c2ccn(C3COC3)c(=O)c2)cc1)N1CCC(CC(C)(C)O)(c2ccccc2)OC1=O. The number of rotatable bonds is 7. The molecule has 0 aliphatic carbocycles. The van der Waals surface area contributed by atoms with Crippen molar-refractivity contribution in [3.8, 4) is 11.1 Å². The molecule has 2 aliphatic heterocycles. The number of amides is 1. The van der Waals surface area contributed by atoms with Crippen molar-refractivity contribution in [1.82, 2.24) is 9.47 Å². The first-order valence-corrected chi connectivity index (χ1v) is 12.8. The molecule has 2 aliphatic rings. The summed E-state index contributed by atoms with van der Waals surface area (Å²) in [5.41, 5.74) is 1.78. The van der Waals surface area contributed by atoms with Crippen molar-refractivity contribution in [2.24, 2.45) is 0 Å². The zero-order valence-electron chi connectivity index (χ0n) is 21.6. The van der Waals surface area contributed by atoms with Gasteiger partial charge in [-0.15, -0.1) is 0 Å². The highest BCUT2D eigenvalue weighted by Crippen LogP contribution is 2.42. The Labute approximate surface area is 217 Å². The van der Waals surface area contributed by atoms with E-state index in [1.165, 1.54) is 0 Å². The largest absolute Gasteiger partial charge is 0.438 e. The molecule has 1 unspecified atom stereocenters. The molecule has 37 heavy (non-hydrogen) atoms. The van der Waals surface area contributed by atoms with Crippen LogP contribution in [0.4, 0.5) is 4.79 Å². The van der Waals surface area contributed by atoms with Crippen LogP contribution in [0.2, 0.25) is 0 Å². The van der Waals surface area contributed by atoms with Crippen LogP contribution in [0, 0.1) is 0 Å². The van der Waals surface area contributed by atoms with Crippen molar-refractivity contribution in [3.63, 3.8) is 0 Å². The molecule has 1 N–H and O–H groups in total. The second-order valence-electron chi connectivity index (χ2n) is 10.8. The molecule has 0 spiro atoms. The molecule has 2 saturated heterocycles. The van der Waals surface area contributed by atoms with Gasteiger partial charge < -0.3 is 24.0 Å². The van der Waals surface area contributed by atoms with Gasteiger partial charge in [0.25, 0.3) is 5.56 Å². The topological polar surface area (TPSA) is 81.0 Å². The zero-order valence-corrected chi connectivity index (χ0v) is 21.6. The number of nitrogens with zero attached hydrogens (tertiary/aromatic N) is 2. The molecule has 0 bridgehead atoms. The van der Waals surface area contributed by atoms with Crippen LogP contribution in [-0.2, 0) is 15.1 Å². The van der Waals surface area contributed by atoms with Gasteiger partial charge in [0.1, 0.15) is 5.60 Å². The maximum absolute atomic E-state index is 13.3. The van der Waals surface area contributed by atoms with Gasteiger partial charge in [0.05, 0.1) is 30.9 Å². The monoisotopic (exact) mass is 502 g/mol. The summed E-state index contributed by atoms with van der Waals surface area (Å²) in [6.07, 6.45) is 2.34. The number of hydrogen-bond acceptors (Lipinski definition) is 5. The Kier molecular flexibility index (Phi) is 6.68. The summed E-state index contributed by atoms with van der Waals surface area (Å²) >= 11 is 0. The fraction of sp³-hybridized carbons (Fsp3) is 0.400. The Morgan fingerprint density at radius 2 is 1.73 bits per heavy atom. The second-order valence-corrected chi connectivity index (χ2v) is 10.8. The van der Waals surface area contributed by atoms with Gasteiger partial charge in [-0.25, -0.2) is 4.79 Å². The average Bonchev–Trinajstić information content (AvgIpc) is 2.83. The summed E-state index contributed by atoms with van der Waals surface area (Å²) in [6, 6.07) is 21.2. The molecule has 2 aromatic carbocycles. The molecule has 7 heteroatoms. The summed E-state index contributed by atoms with van der Waals surface area (Å²) in [5, 5.41) is 10.6. The molecule has 0 radical (unpaired) electrons. The number of aliphatic hydroxyl groups is 1. The highest BCUT2D eigenvalue weighted by atomic mass is 16.6. The Hall–Kier alpha value is -3.42. The normalized spacial score (nSPS) is 21.3. The van der Waals surface area contributed by atoms with Crippen molar-refractivity contribution in [2.75, 3.05) is 19.8 Å². The predicted molar refractivity (Wildman–Crippen MR) is 141 cm³/mol. The van der Waals surface area contributed by atoms with Crippen LogP contribution in [-0.4, -0.2) is 46.0 Å². The minimum atomic E-state index is -0.994. The van der Waals surface area contributed by atoms with E-state index in [1.807, 2.05) is 73.8 Å². The third-order valence-corrected chi connectivity index (χ3v) is 7.45. The maximum atomic E-state index is 13.3. The summed E-state index contributed by atoms with van der Waals surface area (Å²) in [5.74, 6) is 0. The maximum Gasteiger partial charge on any atom is 0.411 e. The number of carbonyl (C=O) groups excluding carboxylic acids is 1. The van der Waals surface area contributed by atoms with E-state index in [1.54, 1.807) is 29.4 Å². The first kappa shape index (κ1) is 25.2. The number of carbonyl (C=O) groups is 1. The molecule has 5 rings (SSSR count). The van der Waals surface area contributed by atoms with E-state index in [0.717, 1.165) is 22.3 Å². The van der Waals surface area contributed by atoms with Crippen molar-refractivity contribution in [2.45, 2.75) is 56.9 Å². The Bertz CT molecular complexity index is 1310. The van der Waals surface area contributed by atoms with E-state index < -0.39 is 11.2 Å². The third kappa shape index (κ3) is 5.20. The van der Waals surface area contributed by atoms with Crippen LogP contribution >= 0.6 is 0 Å². The summed E-state index contributed by atoms with van der Waals surface area (Å²) in [7, 11) is 0. The number of hydrogen-bond donors (Lipinski definition) is 1. The Morgan fingerprint density at radius 1 is 1.03 bits per heavy atom. The van der Waals surface area contributed by atoms with E-state index in [0.29, 0.717) is 32.6 Å². The van der Waals surface area contributed by atoms with Crippen molar-refractivity contribution >= 4 is 6.09 Å². The van der Waals surface area contributed by atoms with E-state index >= 15 is 0 Å². The molecule has 3 aromatic rings. The second kappa shape index (κ2) is 9.80. The van der Waals surface area contributed by atoms with Crippen LogP contribution in [0.15, 0.2) is 77.7 Å². The van der Waals surface area contributed by atoms with Crippen LogP contribution in [0.1, 0.15) is 56.8 Å². The molecular weight excluding hydrogens is 468 g/mol. The van der Waals surface area contributed by atoms with Gasteiger partial charge in [-0.3, -0.25) is 4.79 Å². The lowest BCUT2D eigenvalue weighted by Crippen LogP contribution is -2.51. The first-order chi connectivity index (χ1) is 17.7.